The zero-order valence-electron chi connectivity index (χ0n) is 9.42. The van der Waals surface area contributed by atoms with Crippen molar-refractivity contribution in [3.05, 3.63) is 16.4 Å². The Balaban J connectivity index is 2.25. The van der Waals surface area contributed by atoms with Gasteiger partial charge in [0.2, 0.25) is 0 Å². The lowest BCUT2D eigenvalue weighted by Gasteiger charge is -2.18. The van der Waals surface area contributed by atoms with Crippen LogP contribution in [0.1, 0.15) is 31.0 Å². The molecule has 0 spiro atoms. The molecule has 84 valence electrons. The number of rotatable bonds is 3. The van der Waals surface area contributed by atoms with E-state index in [9.17, 15) is 5.11 Å². The molecule has 1 fully saturated rings. The highest BCUT2D eigenvalue weighted by Gasteiger charge is 2.47. The maximum atomic E-state index is 9.72. The van der Waals surface area contributed by atoms with E-state index < -0.39 is 0 Å². The van der Waals surface area contributed by atoms with Gasteiger partial charge in [0.15, 0.2) is 0 Å². The number of hydrogen-bond donors (Lipinski definition) is 1. The van der Waals surface area contributed by atoms with Crippen molar-refractivity contribution in [3.63, 3.8) is 0 Å². The molecule has 0 radical (unpaired) electrons. The molecule has 0 bridgehead atoms. The lowest BCUT2D eigenvalue weighted by molar-refractivity contribution is 0.110. The molecule has 3 nitrogen and oxygen atoms in total. The van der Waals surface area contributed by atoms with Crippen molar-refractivity contribution in [1.82, 2.24) is 9.78 Å². The summed E-state index contributed by atoms with van der Waals surface area (Å²) >= 11 is 6.17. The molecule has 0 aromatic carbocycles. The topological polar surface area (TPSA) is 38.0 Å². The van der Waals surface area contributed by atoms with Crippen molar-refractivity contribution in [1.29, 1.82) is 0 Å². The first kappa shape index (κ1) is 11.0. The van der Waals surface area contributed by atoms with Gasteiger partial charge in [-0.15, -0.1) is 0 Å². The standard InChI is InChI=1S/C11H17ClN2O/c1-7-9(10(12)14(3)13-7)6-11(4-5-11)8(2)15/h8,15H,4-6H2,1-3H3. The second kappa shape index (κ2) is 3.49. The number of aromatic nitrogens is 2. The normalized spacial score (nSPS) is 20.3. The van der Waals surface area contributed by atoms with Gasteiger partial charge in [0.05, 0.1) is 11.8 Å². The molecule has 15 heavy (non-hydrogen) atoms. The molecule has 0 amide bonds. The summed E-state index contributed by atoms with van der Waals surface area (Å²) in [5.41, 5.74) is 2.14. The molecule has 1 heterocycles. The van der Waals surface area contributed by atoms with Gasteiger partial charge in [-0.2, -0.15) is 5.10 Å². The fourth-order valence-electron chi connectivity index (χ4n) is 2.13. The monoisotopic (exact) mass is 228 g/mol. The van der Waals surface area contributed by atoms with Crippen molar-refractivity contribution in [2.24, 2.45) is 12.5 Å². The van der Waals surface area contributed by atoms with Crippen molar-refractivity contribution < 1.29 is 5.11 Å². The first-order valence-corrected chi connectivity index (χ1v) is 5.70. The van der Waals surface area contributed by atoms with Gasteiger partial charge in [-0.25, -0.2) is 0 Å². The van der Waals surface area contributed by atoms with Crippen molar-refractivity contribution in [3.8, 4) is 0 Å². The number of aliphatic hydroxyl groups is 1. The van der Waals surface area contributed by atoms with E-state index in [4.69, 9.17) is 11.6 Å². The van der Waals surface area contributed by atoms with Crippen LogP contribution in [0.15, 0.2) is 0 Å². The van der Waals surface area contributed by atoms with Crippen LogP contribution in [0.25, 0.3) is 0 Å². The molecule has 1 aliphatic carbocycles. The zero-order valence-corrected chi connectivity index (χ0v) is 10.2. The number of aryl methyl sites for hydroxylation is 2. The lowest BCUT2D eigenvalue weighted by Crippen LogP contribution is -2.20. The van der Waals surface area contributed by atoms with Crippen LogP contribution in [0.5, 0.6) is 0 Å². The third-order valence-corrected chi connectivity index (χ3v) is 4.05. The van der Waals surface area contributed by atoms with Crippen molar-refractivity contribution in [2.75, 3.05) is 0 Å². The SMILES string of the molecule is Cc1nn(C)c(Cl)c1CC1(C(C)O)CC1. The molecule has 1 aromatic rings. The minimum atomic E-state index is -0.256. The largest absolute Gasteiger partial charge is 0.393 e. The number of hydrogen-bond acceptors (Lipinski definition) is 2. The summed E-state index contributed by atoms with van der Waals surface area (Å²) in [7, 11) is 1.85. The maximum absolute atomic E-state index is 9.72. The minimum absolute atomic E-state index is 0.0669. The highest BCUT2D eigenvalue weighted by molar-refractivity contribution is 6.30. The van der Waals surface area contributed by atoms with Crippen LogP contribution in [0, 0.1) is 12.3 Å². The van der Waals surface area contributed by atoms with Crippen molar-refractivity contribution in [2.45, 2.75) is 39.2 Å². The average molecular weight is 229 g/mol. The minimum Gasteiger partial charge on any atom is -0.393 e. The van der Waals surface area contributed by atoms with Crippen molar-refractivity contribution >= 4 is 11.6 Å². The van der Waals surface area contributed by atoms with Gasteiger partial charge in [0, 0.05) is 18.0 Å². The Morgan fingerprint density at radius 1 is 1.60 bits per heavy atom. The Bertz CT molecular complexity index is 380. The smallest absolute Gasteiger partial charge is 0.130 e. The highest BCUT2D eigenvalue weighted by Crippen LogP contribution is 2.52. The van der Waals surface area contributed by atoms with Crippen LogP contribution in [-0.4, -0.2) is 21.0 Å². The molecule has 1 unspecified atom stereocenters. The Kier molecular flexibility index (Phi) is 2.55. The molecule has 4 heteroatoms. The van der Waals surface area contributed by atoms with E-state index in [0.29, 0.717) is 5.15 Å². The molecule has 1 aromatic heterocycles. The van der Waals surface area contributed by atoms with E-state index in [1.165, 1.54) is 0 Å². The summed E-state index contributed by atoms with van der Waals surface area (Å²) in [5.74, 6) is 0. The summed E-state index contributed by atoms with van der Waals surface area (Å²) in [6, 6.07) is 0. The molecule has 1 saturated carbocycles. The average Bonchev–Trinajstić information content (AvgIpc) is 2.89. The quantitative estimate of drug-likeness (QED) is 0.861. The van der Waals surface area contributed by atoms with Crippen LogP contribution in [0.4, 0.5) is 0 Å². The zero-order chi connectivity index (χ0) is 11.2. The summed E-state index contributed by atoms with van der Waals surface area (Å²) in [4.78, 5) is 0. The van der Waals surface area contributed by atoms with Crippen LogP contribution in [0.2, 0.25) is 5.15 Å². The Morgan fingerprint density at radius 3 is 2.53 bits per heavy atom. The van der Waals surface area contributed by atoms with Crippen LogP contribution >= 0.6 is 11.6 Å². The van der Waals surface area contributed by atoms with E-state index in [2.05, 4.69) is 5.10 Å². The van der Waals surface area contributed by atoms with Gasteiger partial charge in [-0.1, -0.05) is 11.6 Å². The van der Waals surface area contributed by atoms with E-state index >= 15 is 0 Å². The van der Waals surface area contributed by atoms with Gasteiger partial charge in [0.25, 0.3) is 0 Å². The highest BCUT2D eigenvalue weighted by atomic mass is 35.5. The molecule has 2 rings (SSSR count). The Hall–Kier alpha value is -0.540. The van der Waals surface area contributed by atoms with Crippen LogP contribution in [-0.2, 0) is 13.5 Å². The molecule has 0 saturated heterocycles. The summed E-state index contributed by atoms with van der Waals surface area (Å²) in [5, 5.41) is 14.7. The van der Waals surface area contributed by atoms with Gasteiger partial charge in [0.1, 0.15) is 5.15 Å². The molecule has 1 aliphatic rings. The maximum Gasteiger partial charge on any atom is 0.130 e. The lowest BCUT2D eigenvalue weighted by atomic mass is 9.92. The number of nitrogens with zero attached hydrogens (tertiary/aromatic N) is 2. The van der Waals surface area contributed by atoms with E-state index in [1.54, 1.807) is 4.68 Å². The van der Waals surface area contributed by atoms with E-state index in [-0.39, 0.29) is 11.5 Å². The van der Waals surface area contributed by atoms with Gasteiger partial charge in [-0.3, -0.25) is 4.68 Å². The van der Waals surface area contributed by atoms with Crippen LogP contribution < -0.4 is 0 Å². The summed E-state index contributed by atoms with van der Waals surface area (Å²) < 4.78 is 1.70. The van der Waals surface area contributed by atoms with E-state index in [1.807, 2.05) is 20.9 Å². The summed E-state index contributed by atoms with van der Waals surface area (Å²) in [6.07, 6.45) is 2.78. The first-order chi connectivity index (χ1) is 6.96. The molecule has 0 aliphatic heterocycles. The number of halogens is 1. The number of aliphatic hydroxyl groups excluding tert-OH is 1. The Morgan fingerprint density at radius 2 is 2.20 bits per heavy atom. The third kappa shape index (κ3) is 1.79. The van der Waals surface area contributed by atoms with E-state index in [0.717, 1.165) is 30.5 Å². The second-order valence-corrected chi connectivity index (χ2v) is 5.05. The predicted octanol–water partition coefficient (Wildman–Crippen LogP) is 2.09. The van der Waals surface area contributed by atoms with Crippen LogP contribution in [0.3, 0.4) is 0 Å². The molecule has 1 atom stereocenters. The van der Waals surface area contributed by atoms with Gasteiger partial charge >= 0.3 is 0 Å². The first-order valence-electron chi connectivity index (χ1n) is 5.32. The third-order valence-electron chi connectivity index (χ3n) is 3.58. The predicted molar refractivity (Wildman–Crippen MR) is 60.0 cm³/mol. The molecular formula is C11H17ClN2O. The van der Waals surface area contributed by atoms with Gasteiger partial charge in [-0.05, 0) is 33.1 Å². The molecular weight excluding hydrogens is 212 g/mol. The fraction of sp³-hybridized carbons (Fsp3) is 0.727. The Labute approximate surface area is 95.0 Å². The molecule has 1 N–H and O–H groups in total. The summed E-state index contributed by atoms with van der Waals surface area (Å²) in [6.45, 7) is 3.84. The fourth-order valence-corrected chi connectivity index (χ4v) is 2.37. The second-order valence-electron chi connectivity index (χ2n) is 4.69. The van der Waals surface area contributed by atoms with Gasteiger partial charge < -0.3 is 5.11 Å².